The number of nitrogens with one attached hydrogen (secondary N) is 2. The summed E-state index contributed by atoms with van der Waals surface area (Å²) in [5.74, 6) is 1.45. The molecule has 7 heteroatoms. The zero-order valence-electron chi connectivity index (χ0n) is 14.4. The summed E-state index contributed by atoms with van der Waals surface area (Å²) < 4.78 is 9.89. The van der Waals surface area contributed by atoms with Crippen molar-refractivity contribution >= 4 is 29.1 Å². The number of rotatable bonds is 6. The summed E-state index contributed by atoms with van der Waals surface area (Å²) in [6.45, 7) is 0. The molecule has 0 aliphatic rings. The van der Waals surface area contributed by atoms with Gasteiger partial charge in [-0.1, -0.05) is 6.07 Å². The highest BCUT2D eigenvalue weighted by molar-refractivity contribution is 5.89. The molecule has 2 N–H and O–H groups in total. The van der Waals surface area contributed by atoms with Gasteiger partial charge in [0.05, 0.1) is 19.8 Å². The van der Waals surface area contributed by atoms with E-state index in [1.807, 2.05) is 24.3 Å². The Morgan fingerprint density at radius 1 is 0.962 bits per heavy atom. The molecule has 0 fully saturated rings. The van der Waals surface area contributed by atoms with Crippen LogP contribution in [0.2, 0.25) is 0 Å². The standard InChI is InChI=1S/C19H18N4O3/c1-25-16-5-3-4-15(12-16)22-19-20-11-10-17(23-19)21-14-8-6-13(7-9-14)18(24)26-2/h3-12H,1-2H3,(H2,20,21,22,23). The number of methoxy groups -OCH3 is 2. The van der Waals surface area contributed by atoms with Gasteiger partial charge in [-0.15, -0.1) is 0 Å². The molecule has 0 atom stereocenters. The van der Waals surface area contributed by atoms with Crippen molar-refractivity contribution in [1.82, 2.24) is 9.97 Å². The predicted molar refractivity (Wildman–Crippen MR) is 99.4 cm³/mol. The third-order valence-electron chi connectivity index (χ3n) is 3.56. The molecule has 0 aliphatic heterocycles. The summed E-state index contributed by atoms with van der Waals surface area (Å²) in [6.07, 6.45) is 1.65. The lowest BCUT2D eigenvalue weighted by atomic mass is 10.2. The van der Waals surface area contributed by atoms with Crippen molar-refractivity contribution in [2.24, 2.45) is 0 Å². The van der Waals surface area contributed by atoms with Crippen molar-refractivity contribution in [2.75, 3.05) is 24.9 Å². The van der Waals surface area contributed by atoms with E-state index >= 15 is 0 Å². The normalized spacial score (nSPS) is 10.1. The maximum Gasteiger partial charge on any atom is 0.337 e. The van der Waals surface area contributed by atoms with E-state index in [2.05, 4.69) is 25.3 Å². The quantitative estimate of drug-likeness (QED) is 0.655. The molecule has 132 valence electrons. The van der Waals surface area contributed by atoms with E-state index in [0.717, 1.165) is 17.1 Å². The number of aromatic nitrogens is 2. The molecule has 0 saturated heterocycles. The molecule has 0 saturated carbocycles. The first-order chi connectivity index (χ1) is 12.7. The topological polar surface area (TPSA) is 85.4 Å². The summed E-state index contributed by atoms with van der Waals surface area (Å²) in [5, 5.41) is 6.30. The lowest BCUT2D eigenvalue weighted by Crippen LogP contribution is -2.02. The van der Waals surface area contributed by atoms with Crippen LogP contribution in [0.25, 0.3) is 0 Å². The van der Waals surface area contributed by atoms with Crippen molar-refractivity contribution in [2.45, 2.75) is 0 Å². The maximum absolute atomic E-state index is 11.5. The van der Waals surface area contributed by atoms with Crippen LogP contribution in [0.1, 0.15) is 10.4 Å². The van der Waals surface area contributed by atoms with Crippen molar-refractivity contribution in [3.8, 4) is 5.75 Å². The van der Waals surface area contributed by atoms with Crippen LogP contribution in [0.3, 0.4) is 0 Å². The summed E-state index contributed by atoms with van der Waals surface area (Å²) in [6, 6.07) is 16.2. The molecule has 0 unspecified atom stereocenters. The van der Waals surface area contributed by atoms with E-state index in [1.165, 1.54) is 7.11 Å². The Morgan fingerprint density at radius 3 is 2.50 bits per heavy atom. The first-order valence-corrected chi connectivity index (χ1v) is 7.87. The van der Waals surface area contributed by atoms with Crippen molar-refractivity contribution < 1.29 is 14.3 Å². The fraction of sp³-hybridized carbons (Fsp3) is 0.105. The largest absolute Gasteiger partial charge is 0.497 e. The Balaban J connectivity index is 1.71. The van der Waals surface area contributed by atoms with Crippen molar-refractivity contribution in [3.63, 3.8) is 0 Å². The Hall–Kier alpha value is -3.61. The number of hydrogen-bond acceptors (Lipinski definition) is 7. The minimum Gasteiger partial charge on any atom is -0.497 e. The van der Waals surface area contributed by atoms with Gasteiger partial charge in [-0.2, -0.15) is 4.98 Å². The third-order valence-corrected chi connectivity index (χ3v) is 3.56. The van der Waals surface area contributed by atoms with Gasteiger partial charge in [-0.25, -0.2) is 9.78 Å². The molecule has 26 heavy (non-hydrogen) atoms. The van der Waals surface area contributed by atoms with Gasteiger partial charge in [-0.3, -0.25) is 0 Å². The van der Waals surface area contributed by atoms with Crippen LogP contribution < -0.4 is 15.4 Å². The fourth-order valence-electron chi connectivity index (χ4n) is 2.27. The fourth-order valence-corrected chi connectivity index (χ4v) is 2.27. The molecular weight excluding hydrogens is 332 g/mol. The molecule has 0 bridgehead atoms. The number of ether oxygens (including phenoxy) is 2. The first kappa shape index (κ1) is 17.2. The average Bonchev–Trinajstić information content (AvgIpc) is 2.68. The van der Waals surface area contributed by atoms with Crippen LogP contribution in [0.5, 0.6) is 5.75 Å². The predicted octanol–water partition coefficient (Wildman–Crippen LogP) is 3.76. The van der Waals surface area contributed by atoms with Crippen LogP contribution >= 0.6 is 0 Å². The molecule has 0 aliphatic carbocycles. The highest BCUT2D eigenvalue weighted by Gasteiger charge is 2.05. The molecule has 3 aromatic rings. The molecule has 2 aromatic carbocycles. The van der Waals surface area contributed by atoms with Crippen LogP contribution in [0.4, 0.5) is 23.1 Å². The van der Waals surface area contributed by atoms with Crippen LogP contribution in [0, 0.1) is 0 Å². The lowest BCUT2D eigenvalue weighted by Gasteiger charge is -2.09. The van der Waals surface area contributed by atoms with Crippen molar-refractivity contribution in [3.05, 3.63) is 66.4 Å². The first-order valence-electron chi connectivity index (χ1n) is 7.87. The summed E-state index contributed by atoms with van der Waals surface area (Å²) in [4.78, 5) is 20.1. The number of carbonyl (C=O) groups excluding carboxylic acids is 1. The van der Waals surface area contributed by atoms with Gasteiger partial charge >= 0.3 is 5.97 Å². The Morgan fingerprint density at radius 2 is 1.77 bits per heavy atom. The molecular formula is C19H18N4O3. The molecule has 1 aromatic heterocycles. The summed E-state index contributed by atoms with van der Waals surface area (Å²) in [5.41, 5.74) is 2.11. The Bertz CT molecular complexity index is 897. The summed E-state index contributed by atoms with van der Waals surface area (Å²) in [7, 11) is 2.97. The maximum atomic E-state index is 11.5. The van der Waals surface area contributed by atoms with Gasteiger partial charge in [0.2, 0.25) is 5.95 Å². The number of esters is 1. The molecule has 0 amide bonds. The van der Waals surface area contributed by atoms with Gasteiger partial charge in [0.1, 0.15) is 11.6 Å². The number of nitrogens with zero attached hydrogens (tertiary/aromatic N) is 2. The van der Waals surface area contributed by atoms with Crippen LogP contribution in [-0.4, -0.2) is 30.2 Å². The van der Waals surface area contributed by atoms with Gasteiger partial charge in [0, 0.05) is 23.6 Å². The highest BCUT2D eigenvalue weighted by atomic mass is 16.5. The number of carbonyl (C=O) groups is 1. The smallest absolute Gasteiger partial charge is 0.337 e. The monoisotopic (exact) mass is 350 g/mol. The van der Waals surface area contributed by atoms with Gasteiger partial charge < -0.3 is 20.1 Å². The number of hydrogen-bond donors (Lipinski definition) is 2. The number of benzene rings is 2. The Labute approximate surface area is 151 Å². The minimum atomic E-state index is -0.372. The SMILES string of the molecule is COC(=O)c1ccc(Nc2ccnc(Nc3cccc(OC)c3)n2)cc1. The van der Waals surface area contributed by atoms with Crippen molar-refractivity contribution in [1.29, 1.82) is 0 Å². The molecule has 7 nitrogen and oxygen atoms in total. The minimum absolute atomic E-state index is 0.372. The summed E-state index contributed by atoms with van der Waals surface area (Å²) >= 11 is 0. The van der Waals surface area contributed by atoms with E-state index in [1.54, 1.807) is 43.6 Å². The zero-order valence-corrected chi connectivity index (χ0v) is 14.4. The van der Waals surface area contributed by atoms with E-state index < -0.39 is 0 Å². The van der Waals surface area contributed by atoms with Crippen LogP contribution in [-0.2, 0) is 4.74 Å². The Kier molecular flexibility index (Phi) is 5.28. The second-order valence-electron chi connectivity index (χ2n) is 5.32. The van der Waals surface area contributed by atoms with E-state index in [0.29, 0.717) is 17.3 Å². The second-order valence-corrected chi connectivity index (χ2v) is 5.32. The molecule has 0 spiro atoms. The lowest BCUT2D eigenvalue weighted by molar-refractivity contribution is 0.0601. The zero-order chi connectivity index (χ0) is 18.4. The second kappa shape index (κ2) is 7.98. The highest BCUT2D eigenvalue weighted by Crippen LogP contribution is 2.21. The van der Waals surface area contributed by atoms with Crippen LogP contribution in [0.15, 0.2) is 60.8 Å². The van der Waals surface area contributed by atoms with Gasteiger partial charge in [0.25, 0.3) is 0 Å². The van der Waals surface area contributed by atoms with E-state index in [-0.39, 0.29) is 5.97 Å². The van der Waals surface area contributed by atoms with E-state index in [4.69, 9.17) is 4.74 Å². The van der Waals surface area contributed by atoms with E-state index in [9.17, 15) is 4.79 Å². The molecule has 3 rings (SSSR count). The molecule has 1 heterocycles. The third kappa shape index (κ3) is 4.27. The van der Waals surface area contributed by atoms with Gasteiger partial charge in [0.15, 0.2) is 0 Å². The van der Waals surface area contributed by atoms with Gasteiger partial charge in [-0.05, 0) is 42.5 Å². The number of anilines is 4. The molecule has 0 radical (unpaired) electrons. The average molecular weight is 350 g/mol.